The molecule has 0 heterocycles. The number of halogens is 1. The van der Waals surface area contributed by atoms with E-state index in [4.69, 9.17) is 4.74 Å². The summed E-state index contributed by atoms with van der Waals surface area (Å²) in [6, 6.07) is 16.2. The van der Waals surface area contributed by atoms with Crippen molar-refractivity contribution in [2.45, 2.75) is 13.0 Å². The van der Waals surface area contributed by atoms with Gasteiger partial charge in [-0.15, -0.1) is 0 Å². The van der Waals surface area contributed by atoms with E-state index in [9.17, 15) is 14.9 Å². The van der Waals surface area contributed by atoms with E-state index in [1.54, 1.807) is 18.2 Å². The van der Waals surface area contributed by atoms with Crippen LogP contribution in [0.15, 0.2) is 58.6 Å². The maximum absolute atomic E-state index is 12.4. The molecule has 144 valence electrons. The van der Waals surface area contributed by atoms with Gasteiger partial charge in [-0.05, 0) is 52.2 Å². The van der Waals surface area contributed by atoms with Crippen molar-refractivity contribution in [3.8, 4) is 11.8 Å². The number of carbonyl (C=O) groups excluding carboxylic acids is 2. The van der Waals surface area contributed by atoms with Gasteiger partial charge >= 0.3 is 5.97 Å². The molecule has 0 bridgehead atoms. The van der Waals surface area contributed by atoms with Crippen molar-refractivity contribution in [3.05, 3.63) is 69.7 Å². The first-order valence-electron chi connectivity index (χ1n) is 8.41. The summed E-state index contributed by atoms with van der Waals surface area (Å²) in [5.41, 5.74) is 1.57. The molecule has 1 amide bonds. The van der Waals surface area contributed by atoms with Gasteiger partial charge in [0.2, 0.25) is 0 Å². The largest absolute Gasteiger partial charge is 0.481 e. The zero-order chi connectivity index (χ0) is 20.5. The number of methoxy groups -OCH3 is 1. The summed E-state index contributed by atoms with van der Waals surface area (Å²) in [5.74, 6) is -0.504. The molecule has 2 rings (SSSR count). The second-order valence-corrected chi connectivity index (χ2v) is 6.68. The lowest BCUT2D eigenvalue weighted by atomic mass is 10.1. The molecule has 0 saturated carbocycles. The van der Waals surface area contributed by atoms with E-state index < -0.39 is 11.9 Å². The topological polar surface area (TPSA) is 88.4 Å². The molecular formula is C21H19BrN2O4. The summed E-state index contributed by atoms with van der Waals surface area (Å²) in [6.07, 6.45) is 1.49. The Kier molecular flexibility index (Phi) is 7.78. The van der Waals surface area contributed by atoms with Crippen molar-refractivity contribution < 1.29 is 19.1 Å². The zero-order valence-electron chi connectivity index (χ0n) is 15.4. The Labute approximate surface area is 171 Å². The summed E-state index contributed by atoms with van der Waals surface area (Å²) in [4.78, 5) is 23.6. The third-order valence-corrected chi connectivity index (χ3v) is 4.47. The summed E-state index contributed by atoms with van der Waals surface area (Å²) < 4.78 is 10.4. The molecule has 6 nitrogen and oxygen atoms in total. The molecule has 0 aliphatic heterocycles. The Morgan fingerprint density at radius 1 is 1.25 bits per heavy atom. The Morgan fingerprint density at radius 3 is 2.57 bits per heavy atom. The quantitative estimate of drug-likeness (QED) is 0.400. The first-order chi connectivity index (χ1) is 13.4. The van der Waals surface area contributed by atoms with Crippen LogP contribution in [0.5, 0.6) is 5.75 Å². The minimum Gasteiger partial charge on any atom is -0.481 e. The molecule has 1 N–H and O–H groups in total. The maximum atomic E-state index is 12.4. The fourth-order valence-electron chi connectivity index (χ4n) is 2.33. The molecule has 0 spiro atoms. The van der Waals surface area contributed by atoms with E-state index in [2.05, 4.69) is 26.0 Å². The van der Waals surface area contributed by atoms with Crippen molar-refractivity contribution in [2.24, 2.45) is 0 Å². The minimum atomic E-state index is -0.494. The molecule has 7 heteroatoms. The highest BCUT2D eigenvalue weighted by Crippen LogP contribution is 2.27. The van der Waals surface area contributed by atoms with Crippen LogP contribution in [-0.2, 0) is 14.3 Å². The predicted octanol–water partition coefficient (Wildman–Crippen LogP) is 3.79. The minimum absolute atomic E-state index is 0.0158. The van der Waals surface area contributed by atoms with Crippen molar-refractivity contribution in [2.75, 3.05) is 13.7 Å². The Bertz CT molecular complexity index is 920. The van der Waals surface area contributed by atoms with Crippen LogP contribution in [0.25, 0.3) is 6.08 Å². The zero-order valence-corrected chi connectivity index (χ0v) is 17.0. The van der Waals surface area contributed by atoms with Gasteiger partial charge in [-0.2, -0.15) is 5.26 Å². The van der Waals surface area contributed by atoms with E-state index in [-0.39, 0.29) is 18.2 Å². The molecular weight excluding hydrogens is 424 g/mol. The summed E-state index contributed by atoms with van der Waals surface area (Å²) in [5, 5.41) is 12.2. The third kappa shape index (κ3) is 5.96. The van der Waals surface area contributed by atoms with Crippen LogP contribution in [0.3, 0.4) is 0 Å². The summed E-state index contributed by atoms with van der Waals surface area (Å²) >= 11 is 3.35. The van der Waals surface area contributed by atoms with Crippen LogP contribution in [0, 0.1) is 11.3 Å². The number of nitriles is 1. The van der Waals surface area contributed by atoms with E-state index in [1.807, 2.05) is 43.3 Å². The molecule has 2 aromatic rings. The van der Waals surface area contributed by atoms with Gasteiger partial charge in [0.25, 0.3) is 5.91 Å². The van der Waals surface area contributed by atoms with Gasteiger partial charge in [0, 0.05) is 0 Å². The second kappa shape index (κ2) is 10.3. The van der Waals surface area contributed by atoms with Gasteiger partial charge in [-0.25, -0.2) is 4.79 Å². The number of esters is 1. The molecule has 0 aliphatic rings. The second-order valence-electron chi connectivity index (χ2n) is 5.83. The number of amides is 1. The fraction of sp³-hybridized carbons (Fsp3) is 0.190. The molecule has 1 atom stereocenters. The van der Waals surface area contributed by atoms with Crippen molar-refractivity contribution >= 4 is 33.9 Å². The van der Waals surface area contributed by atoms with Gasteiger partial charge in [0.15, 0.2) is 6.61 Å². The average Bonchev–Trinajstić information content (AvgIpc) is 2.71. The number of ether oxygens (including phenoxy) is 2. The number of rotatable bonds is 7. The number of nitrogens with zero attached hydrogens (tertiary/aromatic N) is 1. The lowest BCUT2D eigenvalue weighted by molar-refractivity contribution is -0.142. The predicted molar refractivity (Wildman–Crippen MR) is 108 cm³/mol. The molecule has 2 aromatic carbocycles. The van der Waals surface area contributed by atoms with Gasteiger partial charge in [-0.3, -0.25) is 4.79 Å². The fourth-order valence-corrected chi connectivity index (χ4v) is 2.85. The first kappa shape index (κ1) is 21.2. The number of carbonyl (C=O) groups is 2. The lowest BCUT2D eigenvalue weighted by Gasteiger charge is -2.14. The smallest absolute Gasteiger partial charge is 0.343 e. The summed E-state index contributed by atoms with van der Waals surface area (Å²) in [6.45, 7) is 1.64. The Hall–Kier alpha value is -3.11. The van der Waals surface area contributed by atoms with Crippen LogP contribution >= 0.6 is 15.9 Å². The molecule has 1 unspecified atom stereocenters. The molecule has 0 aromatic heterocycles. The molecule has 0 aliphatic carbocycles. The van der Waals surface area contributed by atoms with Crippen molar-refractivity contribution in [1.82, 2.24) is 5.32 Å². The normalized spacial score (nSPS) is 11.9. The van der Waals surface area contributed by atoms with Gasteiger partial charge < -0.3 is 14.8 Å². The van der Waals surface area contributed by atoms with Crippen LogP contribution in [0.1, 0.15) is 24.1 Å². The average molecular weight is 443 g/mol. The highest BCUT2D eigenvalue weighted by atomic mass is 79.9. The monoisotopic (exact) mass is 442 g/mol. The SMILES string of the molecule is COC(=O)COc1ccc(C=C(C#N)C(=O)NC(C)c2ccccc2)cc1Br. The lowest BCUT2D eigenvalue weighted by Crippen LogP contribution is -2.27. The Morgan fingerprint density at radius 2 is 1.96 bits per heavy atom. The van der Waals surface area contributed by atoms with Gasteiger partial charge in [0.1, 0.15) is 17.4 Å². The van der Waals surface area contributed by atoms with Crippen LogP contribution < -0.4 is 10.1 Å². The van der Waals surface area contributed by atoms with E-state index >= 15 is 0 Å². The number of hydrogen-bond acceptors (Lipinski definition) is 5. The first-order valence-corrected chi connectivity index (χ1v) is 9.20. The number of hydrogen-bond donors (Lipinski definition) is 1. The van der Waals surface area contributed by atoms with Crippen LogP contribution in [0.4, 0.5) is 0 Å². The highest BCUT2D eigenvalue weighted by molar-refractivity contribution is 9.10. The number of nitrogens with one attached hydrogen (secondary N) is 1. The van der Waals surface area contributed by atoms with Crippen LogP contribution in [0.2, 0.25) is 0 Å². The van der Waals surface area contributed by atoms with E-state index in [1.165, 1.54) is 13.2 Å². The van der Waals surface area contributed by atoms with Crippen molar-refractivity contribution in [1.29, 1.82) is 5.26 Å². The van der Waals surface area contributed by atoms with Gasteiger partial charge in [0.05, 0.1) is 17.6 Å². The van der Waals surface area contributed by atoms with E-state index in [0.29, 0.717) is 15.8 Å². The molecule has 0 radical (unpaired) electrons. The standard InChI is InChI=1S/C21H19BrN2O4/c1-14(16-6-4-3-5-7-16)24-21(26)17(12-23)10-15-8-9-19(18(22)11-15)28-13-20(25)27-2/h3-11,14H,13H2,1-2H3,(H,24,26). The summed E-state index contributed by atoms with van der Waals surface area (Å²) in [7, 11) is 1.28. The molecule has 0 saturated heterocycles. The maximum Gasteiger partial charge on any atom is 0.343 e. The van der Waals surface area contributed by atoms with E-state index in [0.717, 1.165) is 5.56 Å². The van der Waals surface area contributed by atoms with Crippen LogP contribution in [-0.4, -0.2) is 25.6 Å². The van der Waals surface area contributed by atoms with Gasteiger partial charge in [-0.1, -0.05) is 36.4 Å². The highest BCUT2D eigenvalue weighted by Gasteiger charge is 2.14. The molecule has 0 fully saturated rings. The van der Waals surface area contributed by atoms with Crippen molar-refractivity contribution in [3.63, 3.8) is 0 Å². The number of benzene rings is 2. The molecule has 28 heavy (non-hydrogen) atoms. The Balaban J connectivity index is 2.10. The third-order valence-electron chi connectivity index (χ3n) is 3.85.